The standard InChI is InChI=1S/C14H21N5O2/c1-5-7-19-8-11(9(3)17-19)13(20)16-12(6-2)14-15-10(4)18-21-14/h8,12H,5-7H2,1-4H3,(H,16,20)/t12-/m0/s1. The Morgan fingerprint density at radius 1 is 1.43 bits per heavy atom. The summed E-state index contributed by atoms with van der Waals surface area (Å²) >= 11 is 0. The highest BCUT2D eigenvalue weighted by Gasteiger charge is 2.21. The van der Waals surface area contributed by atoms with Gasteiger partial charge in [0.1, 0.15) is 6.04 Å². The average molecular weight is 291 g/mol. The van der Waals surface area contributed by atoms with E-state index in [-0.39, 0.29) is 11.9 Å². The minimum atomic E-state index is -0.285. The molecule has 0 aliphatic rings. The van der Waals surface area contributed by atoms with E-state index in [9.17, 15) is 4.79 Å². The number of aryl methyl sites for hydroxylation is 3. The predicted molar refractivity (Wildman–Crippen MR) is 76.8 cm³/mol. The quantitative estimate of drug-likeness (QED) is 0.881. The van der Waals surface area contributed by atoms with Crippen molar-refractivity contribution in [1.29, 1.82) is 0 Å². The van der Waals surface area contributed by atoms with Crippen molar-refractivity contribution in [2.24, 2.45) is 0 Å². The van der Waals surface area contributed by atoms with Gasteiger partial charge in [-0.15, -0.1) is 0 Å². The molecule has 2 rings (SSSR count). The van der Waals surface area contributed by atoms with Crippen LogP contribution in [0.5, 0.6) is 0 Å². The van der Waals surface area contributed by atoms with Crippen LogP contribution >= 0.6 is 0 Å². The summed E-state index contributed by atoms with van der Waals surface area (Å²) in [6.07, 6.45) is 3.43. The molecule has 21 heavy (non-hydrogen) atoms. The minimum Gasteiger partial charge on any atom is -0.340 e. The first-order valence-corrected chi connectivity index (χ1v) is 7.20. The average Bonchev–Trinajstić information content (AvgIpc) is 3.02. The van der Waals surface area contributed by atoms with Crippen molar-refractivity contribution in [1.82, 2.24) is 25.2 Å². The summed E-state index contributed by atoms with van der Waals surface area (Å²) in [5.41, 5.74) is 1.30. The first kappa shape index (κ1) is 15.2. The predicted octanol–water partition coefficient (Wildman–Crippen LogP) is 2.17. The molecule has 7 heteroatoms. The van der Waals surface area contributed by atoms with Crippen molar-refractivity contribution < 1.29 is 9.32 Å². The summed E-state index contributed by atoms with van der Waals surface area (Å²) in [6.45, 7) is 8.41. The molecule has 2 aromatic heterocycles. The number of aromatic nitrogens is 4. The van der Waals surface area contributed by atoms with E-state index in [4.69, 9.17) is 4.52 Å². The van der Waals surface area contributed by atoms with E-state index in [1.807, 2.05) is 13.8 Å². The molecule has 0 bridgehead atoms. The van der Waals surface area contributed by atoms with Gasteiger partial charge in [0.2, 0.25) is 5.89 Å². The number of nitrogens with zero attached hydrogens (tertiary/aromatic N) is 4. The molecule has 0 spiro atoms. The van der Waals surface area contributed by atoms with Crippen molar-refractivity contribution in [2.75, 3.05) is 0 Å². The monoisotopic (exact) mass is 291 g/mol. The molecule has 114 valence electrons. The van der Waals surface area contributed by atoms with E-state index >= 15 is 0 Å². The van der Waals surface area contributed by atoms with Crippen molar-refractivity contribution in [3.8, 4) is 0 Å². The van der Waals surface area contributed by atoms with Gasteiger partial charge in [-0.05, 0) is 26.7 Å². The van der Waals surface area contributed by atoms with Gasteiger partial charge in [-0.2, -0.15) is 10.1 Å². The van der Waals surface area contributed by atoms with E-state index < -0.39 is 0 Å². The topological polar surface area (TPSA) is 85.8 Å². The normalized spacial score (nSPS) is 12.4. The maximum absolute atomic E-state index is 12.4. The number of rotatable bonds is 6. The molecule has 0 radical (unpaired) electrons. The van der Waals surface area contributed by atoms with Gasteiger partial charge in [-0.1, -0.05) is 19.0 Å². The lowest BCUT2D eigenvalue weighted by Crippen LogP contribution is -2.28. The number of amides is 1. The van der Waals surface area contributed by atoms with Crippen LogP contribution in [0, 0.1) is 13.8 Å². The van der Waals surface area contributed by atoms with Crippen molar-refractivity contribution in [3.05, 3.63) is 29.2 Å². The lowest BCUT2D eigenvalue weighted by molar-refractivity contribution is 0.0926. The number of hydrogen-bond acceptors (Lipinski definition) is 5. The third-order valence-electron chi connectivity index (χ3n) is 3.20. The van der Waals surface area contributed by atoms with Crippen LogP contribution in [0.1, 0.15) is 60.5 Å². The van der Waals surface area contributed by atoms with Gasteiger partial charge in [-0.3, -0.25) is 9.48 Å². The lowest BCUT2D eigenvalue weighted by atomic mass is 10.2. The summed E-state index contributed by atoms with van der Waals surface area (Å²) in [7, 11) is 0. The van der Waals surface area contributed by atoms with Crippen LogP contribution < -0.4 is 5.32 Å². The Labute approximate surface area is 123 Å². The third-order valence-corrected chi connectivity index (χ3v) is 3.20. The Morgan fingerprint density at radius 2 is 2.19 bits per heavy atom. The molecule has 0 fully saturated rings. The van der Waals surface area contributed by atoms with Crippen LogP contribution in [-0.2, 0) is 6.54 Å². The Hall–Kier alpha value is -2.18. The van der Waals surface area contributed by atoms with Crippen LogP contribution in [0.2, 0.25) is 0 Å². The van der Waals surface area contributed by atoms with Crippen molar-refractivity contribution in [2.45, 2.75) is 53.1 Å². The van der Waals surface area contributed by atoms with Crippen LogP contribution in [0.4, 0.5) is 0 Å². The molecule has 0 aliphatic carbocycles. The van der Waals surface area contributed by atoms with Gasteiger partial charge in [0.15, 0.2) is 5.82 Å². The fraction of sp³-hybridized carbons (Fsp3) is 0.571. The fourth-order valence-corrected chi connectivity index (χ4v) is 2.11. The molecule has 2 heterocycles. The third kappa shape index (κ3) is 3.48. The first-order chi connectivity index (χ1) is 10.0. The van der Waals surface area contributed by atoms with Crippen LogP contribution in [0.25, 0.3) is 0 Å². The van der Waals surface area contributed by atoms with Gasteiger partial charge in [0.05, 0.1) is 11.3 Å². The van der Waals surface area contributed by atoms with E-state index in [0.29, 0.717) is 23.7 Å². The molecule has 7 nitrogen and oxygen atoms in total. The molecule has 0 unspecified atom stereocenters. The highest BCUT2D eigenvalue weighted by Crippen LogP contribution is 2.16. The highest BCUT2D eigenvalue weighted by atomic mass is 16.5. The van der Waals surface area contributed by atoms with Gasteiger partial charge in [0, 0.05) is 12.7 Å². The number of hydrogen-bond donors (Lipinski definition) is 1. The minimum absolute atomic E-state index is 0.169. The summed E-state index contributed by atoms with van der Waals surface area (Å²) in [5.74, 6) is 0.823. The van der Waals surface area contributed by atoms with Gasteiger partial charge in [0.25, 0.3) is 5.91 Å². The van der Waals surface area contributed by atoms with Crippen LogP contribution in [0.15, 0.2) is 10.7 Å². The fourth-order valence-electron chi connectivity index (χ4n) is 2.11. The zero-order valence-electron chi connectivity index (χ0n) is 12.9. The number of carbonyl (C=O) groups excluding carboxylic acids is 1. The second-order valence-electron chi connectivity index (χ2n) is 5.01. The summed E-state index contributed by atoms with van der Waals surface area (Å²) in [5, 5.41) is 11.0. The Kier molecular flexibility index (Phi) is 4.72. The molecule has 2 aromatic rings. The largest absolute Gasteiger partial charge is 0.340 e. The molecule has 0 saturated carbocycles. The second-order valence-corrected chi connectivity index (χ2v) is 5.01. The second kappa shape index (κ2) is 6.51. The molecular formula is C14H21N5O2. The van der Waals surface area contributed by atoms with E-state index in [1.165, 1.54) is 0 Å². The molecule has 0 aliphatic heterocycles. The van der Waals surface area contributed by atoms with E-state index in [0.717, 1.165) is 18.7 Å². The Morgan fingerprint density at radius 3 is 2.76 bits per heavy atom. The smallest absolute Gasteiger partial charge is 0.255 e. The molecule has 0 saturated heterocycles. The SMILES string of the molecule is CCCn1cc(C(=O)N[C@@H](CC)c2nc(C)no2)c(C)n1. The Balaban J connectivity index is 2.12. The maximum Gasteiger partial charge on any atom is 0.255 e. The number of nitrogens with one attached hydrogen (secondary N) is 1. The lowest BCUT2D eigenvalue weighted by Gasteiger charge is -2.12. The molecule has 1 amide bonds. The molecule has 1 N–H and O–H groups in total. The van der Waals surface area contributed by atoms with Gasteiger partial charge >= 0.3 is 0 Å². The highest BCUT2D eigenvalue weighted by molar-refractivity contribution is 5.95. The Bertz CT molecular complexity index is 617. The number of carbonyl (C=O) groups is 1. The summed E-state index contributed by atoms with van der Waals surface area (Å²) < 4.78 is 6.93. The van der Waals surface area contributed by atoms with E-state index in [2.05, 4.69) is 27.5 Å². The van der Waals surface area contributed by atoms with Crippen LogP contribution in [0.3, 0.4) is 0 Å². The zero-order valence-corrected chi connectivity index (χ0v) is 12.9. The molecule has 0 aromatic carbocycles. The first-order valence-electron chi connectivity index (χ1n) is 7.20. The maximum atomic E-state index is 12.4. The van der Waals surface area contributed by atoms with Crippen LogP contribution in [-0.4, -0.2) is 25.8 Å². The summed E-state index contributed by atoms with van der Waals surface area (Å²) in [6, 6.07) is -0.285. The molecular weight excluding hydrogens is 270 g/mol. The van der Waals surface area contributed by atoms with Gasteiger partial charge in [-0.25, -0.2) is 0 Å². The zero-order chi connectivity index (χ0) is 15.4. The van der Waals surface area contributed by atoms with Gasteiger partial charge < -0.3 is 9.84 Å². The van der Waals surface area contributed by atoms with Crippen molar-refractivity contribution in [3.63, 3.8) is 0 Å². The summed E-state index contributed by atoms with van der Waals surface area (Å²) in [4.78, 5) is 16.6. The molecule has 1 atom stereocenters. The van der Waals surface area contributed by atoms with Crippen molar-refractivity contribution >= 4 is 5.91 Å². The van der Waals surface area contributed by atoms with E-state index in [1.54, 1.807) is 17.8 Å².